The molecule has 1 aromatic rings. The summed E-state index contributed by atoms with van der Waals surface area (Å²) in [6, 6.07) is 6.42. The van der Waals surface area contributed by atoms with Crippen LogP contribution in [0.1, 0.15) is 31.7 Å². The summed E-state index contributed by atoms with van der Waals surface area (Å²) < 4.78 is 18.8. The van der Waals surface area contributed by atoms with Gasteiger partial charge in [-0.15, -0.1) is 0 Å². The fraction of sp³-hybridized carbons (Fsp3) is 0.579. The molecule has 132 valence electrons. The molecule has 2 atom stereocenters. The number of piperidine rings is 1. The van der Waals surface area contributed by atoms with Gasteiger partial charge in [-0.05, 0) is 37.5 Å². The van der Waals surface area contributed by atoms with E-state index in [2.05, 4.69) is 11.0 Å². The number of aliphatic hydroxyl groups is 2. The maximum atomic E-state index is 12.9. The molecule has 0 saturated carbocycles. The Balaban J connectivity index is 1.53. The molecule has 2 N–H and O–H groups in total. The SMILES string of the molecule is C[C@@]1(O)CCOC2(CCN(CC=Cc3ccc(F)cc3)CC2)[C@H]1O. The van der Waals surface area contributed by atoms with E-state index < -0.39 is 17.3 Å². The van der Waals surface area contributed by atoms with Gasteiger partial charge in [0.2, 0.25) is 0 Å². The highest BCUT2D eigenvalue weighted by Gasteiger charge is 2.52. The van der Waals surface area contributed by atoms with E-state index in [4.69, 9.17) is 4.74 Å². The van der Waals surface area contributed by atoms with Gasteiger partial charge < -0.3 is 14.9 Å². The lowest BCUT2D eigenvalue weighted by Crippen LogP contribution is -2.64. The summed E-state index contributed by atoms with van der Waals surface area (Å²) >= 11 is 0. The van der Waals surface area contributed by atoms with Crippen molar-refractivity contribution in [2.45, 2.75) is 43.5 Å². The van der Waals surface area contributed by atoms with Crippen LogP contribution in [0.3, 0.4) is 0 Å². The molecule has 2 heterocycles. The van der Waals surface area contributed by atoms with Gasteiger partial charge in [0.15, 0.2) is 0 Å². The monoisotopic (exact) mass is 335 g/mol. The number of benzene rings is 1. The van der Waals surface area contributed by atoms with E-state index in [-0.39, 0.29) is 5.82 Å². The molecule has 5 heteroatoms. The molecular weight excluding hydrogens is 309 g/mol. The van der Waals surface area contributed by atoms with Gasteiger partial charge in [-0.3, -0.25) is 4.90 Å². The highest BCUT2D eigenvalue weighted by molar-refractivity contribution is 5.48. The molecule has 2 aliphatic rings. The fourth-order valence-electron chi connectivity index (χ4n) is 3.69. The number of halogens is 1. The first-order valence-electron chi connectivity index (χ1n) is 8.60. The van der Waals surface area contributed by atoms with Crippen molar-refractivity contribution in [2.75, 3.05) is 26.2 Å². The second-order valence-electron chi connectivity index (χ2n) is 7.18. The summed E-state index contributed by atoms with van der Waals surface area (Å²) in [5.41, 5.74) is -0.700. The number of hydrogen-bond acceptors (Lipinski definition) is 4. The summed E-state index contributed by atoms with van der Waals surface area (Å²) in [5.74, 6) is -0.226. The topological polar surface area (TPSA) is 52.9 Å². The van der Waals surface area contributed by atoms with E-state index in [9.17, 15) is 14.6 Å². The van der Waals surface area contributed by atoms with Crippen LogP contribution in [0.2, 0.25) is 0 Å². The molecule has 1 aromatic carbocycles. The van der Waals surface area contributed by atoms with Crippen LogP contribution in [-0.4, -0.2) is 58.7 Å². The molecule has 3 rings (SSSR count). The Bertz CT molecular complexity index is 577. The van der Waals surface area contributed by atoms with Gasteiger partial charge in [0.05, 0.1) is 17.8 Å². The van der Waals surface area contributed by atoms with Crippen molar-refractivity contribution in [2.24, 2.45) is 0 Å². The van der Waals surface area contributed by atoms with E-state index >= 15 is 0 Å². The molecule has 2 fully saturated rings. The van der Waals surface area contributed by atoms with Crippen molar-refractivity contribution in [3.05, 3.63) is 41.7 Å². The Morgan fingerprint density at radius 3 is 2.58 bits per heavy atom. The summed E-state index contributed by atoms with van der Waals surface area (Å²) in [4.78, 5) is 2.30. The van der Waals surface area contributed by atoms with Crippen LogP contribution in [-0.2, 0) is 4.74 Å². The minimum Gasteiger partial charge on any atom is -0.387 e. The fourth-order valence-corrected chi connectivity index (χ4v) is 3.69. The molecular formula is C19H26FNO3. The van der Waals surface area contributed by atoms with Crippen molar-refractivity contribution in [3.63, 3.8) is 0 Å². The van der Waals surface area contributed by atoms with Crippen LogP contribution < -0.4 is 0 Å². The Morgan fingerprint density at radius 1 is 1.25 bits per heavy atom. The first kappa shape index (κ1) is 17.5. The minimum atomic E-state index is -1.07. The van der Waals surface area contributed by atoms with Crippen LogP contribution in [0, 0.1) is 5.82 Å². The zero-order chi connectivity index (χ0) is 17.2. The zero-order valence-corrected chi connectivity index (χ0v) is 14.1. The predicted octanol–water partition coefficient (Wildman–Crippen LogP) is 2.21. The molecule has 0 amide bonds. The Hall–Kier alpha value is -1.27. The minimum absolute atomic E-state index is 0.226. The van der Waals surface area contributed by atoms with Crippen LogP contribution in [0.15, 0.2) is 30.3 Å². The highest BCUT2D eigenvalue weighted by atomic mass is 19.1. The number of aliphatic hydroxyl groups excluding tert-OH is 1. The normalized spacial score (nSPS) is 30.9. The maximum Gasteiger partial charge on any atom is 0.123 e. The van der Waals surface area contributed by atoms with Crippen LogP contribution >= 0.6 is 0 Å². The van der Waals surface area contributed by atoms with Gasteiger partial charge in [-0.1, -0.05) is 24.3 Å². The van der Waals surface area contributed by atoms with Crippen LogP contribution in [0.25, 0.3) is 6.08 Å². The van der Waals surface area contributed by atoms with E-state index in [1.165, 1.54) is 12.1 Å². The molecule has 0 radical (unpaired) electrons. The lowest BCUT2D eigenvalue weighted by Gasteiger charge is -2.51. The Morgan fingerprint density at radius 2 is 1.92 bits per heavy atom. The second-order valence-corrected chi connectivity index (χ2v) is 7.18. The average molecular weight is 335 g/mol. The maximum absolute atomic E-state index is 12.9. The molecule has 2 aliphatic heterocycles. The highest BCUT2D eigenvalue weighted by Crippen LogP contribution is 2.39. The van der Waals surface area contributed by atoms with Crippen LogP contribution in [0.5, 0.6) is 0 Å². The van der Waals surface area contributed by atoms with Gasteiger partial charge >= 0.3 is 0 Å². The van der Waals surface area contributed by atoms with E-state index in [1.807, 2.05) is 6.08 Å². The van der Waals surface area contributed by atoms with Gasteiger partial charge in [0, 0.05) is 26.1 Å². The molecule has 4 nitrogen and oxygen atoms in total. The van der Waals surface area contributed by atoms with Crippen molar-refractivity contribution >= 4 is 6.08 Å². The molecule has 24 heavy (non-hydrogen) atoms. The van der Waals surface area contributed by atoms with Gasteiger partial charge in [0.25, 0.3) is 0 Å². The van der Waals surface area contributed by atoms with Crippen molar-refractivity contribution in [3.8, 4) is 0 Å². The standard InChI is InChI=1S/C19H26FNO3/c1-18(23)10-14-24-19(17(18)22)8-12-21(13-9-19)11-2-3-15-4-6-16(20)7-5-15/h2-7,17,22-23H,8-14H2,1H3/t17-,18+/m0/s1. The summed E-state index contributed by atoms with van der Waals surface area (Å²) in [5, 5.41) is 20.8. The molecule has 2 saturated heterocycles. The van der Waals surface area contributed by atoms with E-state index in [0.717, 1.165) is 25.2 Å². The predicted molar refractivity (Wildman–Crippen MR) is 91.0 cm³/mol. The summed E-state index contributed by atoms with van der Waals surface area (Å²) in [6.45, 7) is 4.63. The smallest absolute Gasteiger partial charge is 0.123 e. The lowest BCUT2D eigenvalue weighted by atomic mass is 9.75. The molecule has 0 unspecified atom stereocenters. The van der Waals surface area contributed by atoms with Gasteiger partial charge in [0.1, 0.15) is 11.9 Å². The number of rotatable bonds is 3. The van der Waals surface area contributed by atoms with E-state index in [1.54, 1.807) is 19.1 Å². The second kappa shape index (κ2) is 6.92. The van der Waals surface area contributed by atoms with Gasteiger partial charge in [-0.25, -0.2) is 4.39 Å². The molecule has 0 aromatic heterocycles. The molecule has 1 spiro atoms. The first-order chi connectivity index (χ1) is 11.4. The largest absolute Gasteiger partial charge is 0.387 e. The summed E-state index contributed by atoms with van der Waals surface area (Å²) in [7, 11) is 0. The molecule has 0 aliphatic carbocycles. The first-order valence-corrected chi connectivity index (χ1v) is 8.60. The number of ether oxygens (including phenoxy) is 1. The quantitative estimate of drug-likeness (QED) is 0.889. The number of likely N-dealkylation sites (tertiary alicyclic amines) is 1. The van der Waals surface area contributed by atoms with E-state index in [0.29, 0.717) is 25.9 Å². The average Bonchev–Trinajstić information content (AvgIpc) is 2.56. The third-order valence-corrected chi connectivity index (χ3v) is 5.33. The zero-order valence-electron chi connectivity index (χ0n) is 14.1. The Labute approximate surface area is 142 Å². The Kier molecular flexibility index (Phi) is 5.06. The van der Waals surface area contributed by atoms with Gasteiger partial charge in [-0.2, -0.15) is 0 Å². The van der Waals surface area contributed by atoms with Crippen LogP contribution in [0.4, 0.5) is 4.39 Å². The number of hydrogen-bond donors (Lipinski definition) is 2. The van der Waals surface area contributed by atoms with Crippen molar-refractivity contribution < 1.29 is 19.3 Å². The summed E-state index contributed by atoms with van der Waals surface area (Å²) in [6.07, 6.45) is 5.12. The number of nitrogens with zero attached hydrogens (tertiary/aromatic N) is 1. The van der Waals surface area contributed by atoms with Crippen molar-refractivity contribution in [1.29, 1.82) is 0 Å². The van der Waals surface area contributed by atoms with Crippen molar-refractivity contribution in [1.82, 2.24) is 4.90 Å². The third kappa shape index (κ3) is 3.70. The third-order valence-electron chi connectivity index (χ3n) is 5.33. The lowest BCUT2D eigenvalue weighted by molar-refractivity contribution is -0.245. The molecule has 0 bridgehead atoms.